The summed E-state index contributed by atoms with van der Waals surface area (Å²) in [6.07, 6.45) is 2.24. The normalized spacial score (nSPS) is 17.5. The second kappa shape index (κ2) is 9.25. The molecular formula is C27H26N5OPS. The Balaban J connectivity index is 1.50. The number of para-hydroxylation sites is 1. The zero-order valence-corrected chi connectivity index (χ0v) is 21.5. The molecule has 5 rings (SSSR count). The summed E-state index contributed by atoms with van der Waals surface area (Å²) in [5.41, 5.74) is 4.40. The van der Waals surface area contributed by atoms with Crippen LogP contribution in [0.5, 0.6) is 5.75 Å². The molecule has 1 atom stereocenters. The molecule has 176 valence electrons. The fourth-order valence-electron chi connectivity index (χ4n) is 4.34. The number of likely N-dealkylation sites (N-methyl/N-ethyl adjacent to an activating group) is 1. The van der Waals surface area contributed by atoms with Crippen LogP contribution in [0.1, 0.15) is 25.0 Å². The van der Waals surface area contributed by atoms with Crippen LogP contribution >= 0.6 is 6.26 Å². The van der Waals surface area contributed by atoms with Gasteiger partial charge in [-0.1, -0.05) is 62.4 Å². The molecule has 1 unspecified atom stereocenters. The lowest BCUT2D eigenvalue weighted by molar-refractivity contribution is 0.619. The van der Waals surface area contributed by atoms with E-state index in [2.05, 4.69) is 83.3 Å². The first-order valence-electron chi connectivity index (χ1n) is 11.3. The summed E-state index contributed by atoms with van der Waals surface area (Å²) in [6, 6.07) is 26.5. The molecule has 0 saturated heterocycles. The van der Waals surface area contributed by atoms with Crippen LogP contribution < -0.4 is 14.7 Å². The lowest BCUT2D eigenvalue weighted by atomic mass is 9.84. The Morgan fingerprint density at radius 1 is 0.914 bits per heavy atom. The summed E-state index contributed by atoms with van der Waals surface area (Å²) < 4.78 is 8.19. The minimum absolute atomic E-state index is 0.184. The number of anilines is 1. The molecule has 1 aliphatic heterocycles. The maximum absolute atomic E-state index is 6.65. The number of rotatable bonds is 6. The average Bonchev–Trinajstić information content (AvgIpc) is 3.46. The molecule has 8 heteroatoms. The molecule has 0 fully saturated rings. The summed E-state index contributed by atoms with van der Waals surface area (Å²) in [5, 5.41) is 12.8. The molecule has 3 aromatic carbocycles. The molecule has 0 N–H and O–H groups in total. The van der Waals surface area contributed by atoms with Gasteiger partial charge in [0.05, 0.1) is 6.21 Å². The van der Waals surface area contributed by atoms with Crippen molar-refractivity contribution in [2.24, 2.45) is 5.10 Å². The lowest BCUT2D eigenvalue weighted by Crippen LogP contribution is -2.24. The number of aromatic nitrogens is 3. The summed E-state index contributed by atoms with van der Waals surface area (Å²) >= 11 is 6.33. The second-order valence-electron chi connectivity index (χ2n) is 8.89. The van der Waals surface area contributed by atoms with Crippen molar-refractivity contribution in [2.45, 2.75) is 19.3 Å². The molecule has 0 saturated carbocycles. The molecule has 1 aromatic heterocycles. The van der Waals surface area contributed by atoms with Gasteiger partial charge in [-0.3, -0.25) is 0 Å². The third kappa shape index (κ3) is 4.57. The highest BCUT2D eigenvalue weighted by Crippen LogP contribution is 2.55. The van der Waals surface area contributed by atoms with E-state index in [-0.39, 0.29) is 5.41 Å². The average molecular weight is 500 g/mol. The zero-order valence-electron chi connectivity index (χ0n) is 19.8. The van der Waals surface area contributed by atoms with Gasteiger partial charge in [0.15, 0.2) is 6.26 Å². The van der Waals surface area contributed by atoms with Crippen LogP contribution in [0.4, 0.5) is 5.69 Å². The van der Waals surface area contributed by atoms with E-state index in [0.717, 1.165) is 22.3 Å². The molecule has 0 bridgehead atoms. The van der Waals surface area contributed by atoms with Crippen molar-refractivity contribution >= 4 is 35.3 Å². The van der Waals surface area contributed by atoms with Crippen LogP contribution in [0.2, 0.25) is 0 Å². The highest BCUT2D eigenvalue weighted by molar-refractivity contribution is 8.17. The number of hydrogen-bond acceptors (Lipinski definition) is 6. The lowest BCUT2D eigenvalue weighted by Gasteiger charge is -2.28. The van der Waals surface area contributed by atoms with Gasteiger partial charge in [-0.2, -0.15) is 5.10 Å². The number of hydrogen-bond donors (Lipinski definition) is 0. The van der Waals surface area contributed by atoms with E-state index in [4.69, 9.17) is 16.3 Å². The Morgan fingerprint density at radius 3 is 2.26 bits per heavy atom. The molecular weight excluding hydrogens is 473 g/mol. The monoisotopic (exact) mass is 499 g/mol. The van der Waals surface area contributed by atoms with Gasteiger partial charge in [0.1, 0.15) is 18.4 Å². The molecule has 0 spiro atoms. The quantitative estimate of drug-likeness (QED) is 0.258. The Hall–Kier alpha value is -3.54. The van der Waals surface area contributed by atoms with Crippen molar-refractivity contribution < 1.29 is 4.52 Å². The number of nitrogens with zero attached hydrogens (tertiary/aromatic N) is 5. The van der Waals surface area contributed by atoms with Crippen LogP contribution in [0.3, 0.4) is 0 Å². The van der Waals surface area contributed by atoms with Crippen molar-refractivity contribution in [1.82, 2.24) is 14.9 Å². The van der Waals surface area contributed by atoms with Crippen LogP contribution in [-0.4, -0.2) is 28.1 Å². The third-order valence-corrected chi connectivity index (χ3v) is 9.47. The van der Waals surface area contributed by atoms with Crippen molar-refractivity contribution in [1.29, 1.82) is 0 Å². The fraction of sp³-hybridized carbons (Fsp3) is 0.148. The maximum Gasteiger partial charge on any atom is 0.166 e. The van der Waals surface area contributed by atoms with E-state index >= 15 is 0 Å². The summed E-state index contributed by atoms with van der Waals surface area (Å²) in [6.45, 7) is 4.49. The molecule has 6 nitrogen and oxygen atoms in total. The third-order valence-electron chi connectivity index (χ3n) is 6.22. The van der Waals surface area contributed by atoms with Gasteiger partial charge in [-0.15, -0.1) is 10.2 Å². The standard InChI is InChI=1S/C27H26N5OPS/c1-27(2)24-11-7-8-12-25(24)31(3)26(27)18-34(35,23-9-5-4-6-10-23)33-22-15-13-21(14-16-22)17-30-32-19-28-29-20-32/h4-20H,1-3H3/b26-18-,30-17+. The van der Waals surface area contributed by atoms with E-state index in [1.807, 2.05) is 42.5 Å². The van der Waals surface area contributed by atoms with E-state index < -0.39 is 6.26 Å². The molecule has 35 heavy (non-hydrogen) atoms. The SMILES string of the molecule is CN1/C(=C\P(=S)(Oc2ccc(/C=N/n3cnnc3)cc2)c2ccccc2)C(C)(C)c2ccccc21. The van der Waals surface area contributed by atoms with Gasteiger partial charge in [0.2, 0.25) is 0 Å². The highest BCUT2D eigenvalue weighted by Gasteiger charge is 2.40. The predicted molar refractivity (Wildman–Crippen MR) is 146 cm³/mol. The van der Waals surface area contributed by atoms with E-state index in [0.29, 0.717) is 0 Å². The van der Waals surface area contributed by atoms with Crippen LogP contribution in [0, 0.1) is 0 Å². The van der Waals surface area contributed by atoms with Crippen molar-refractivity contribution in [3.8, 4) is 5.75 Å². The predicted octanol–water partition coefficient (Wildman–Crippen LogP) is 5.53. The Kier molecular flexibility index (Phi) is 6.13. The van der Waals surface area contributed by atoms with E-state index in [9.17, 15) is 0 Å². The van der Waals surface area contributed by atoms with Gasteiger partial charge in [0, 0.05) is 35.0 Å². The van der Waals surface area contributed by atoms with Gasteiger partial charge in [-0.05, 0) is 53.3 Å². The first-order valence-corrected chi connectivity index (χ1v) is 14.1. The van der Waals surface area contributed by atoms with E-state index in [1.54, 1.807) is 10.9 Å². The van der Waals surface area contributed by atoms with Crippen molar-refractivity contribution in [3.05, 3.63) is 114 Å². The summed E-state index contributed by atoms with van der Waals surface area (Å²) in [4.78, 5) is 2.24. The van der Waals surface area contributed by atoms with Gasteiger partial charge >= 0.3 is 0 Å². The van der Waals surface area contributed by atoms with Crippen LogP contribution in [0.15, 0.2) is 108 Å². The largest absolute Gasteiger partial charge is 0.458 e. The molecule has 4 aromatic rings. The summed E-state index contributed by atoms with van der Waals surface area (Å²) in [7, 11) is 2.11. The van der Waals surface area contributed by atoms with Gasteiger partial charge < -0.3 is 9.42 Å². The second-order valence-corrected chi connectivity index (χ2v) is 12.7. The van der Waals surface area contributed by atoms with Crippen molar-refractivity contribution in [3.63, 3.8) is 0 Å². The van der Waals surface area contributed by atoms with Crippen LogP contribution in [0.25, 0.3) is 0 Å². The zero-order chi connectivity index (χ0) is 24.5. The van der Waals surface area contributed by atoms with E-state index in [1.165, 1.54) is 23.9 Å². The van der Waals surface area contributed by atoms with Gasteiger partial charge in [0.25, 0.3) is 0 Å². The molecule has 0 radical (unpaired) electrons. The molecule has 0 amide bonds. The van der Waals surface area contributed by atoms with Gasteiger partial charge in [-0.25, -0.2) is 4.68 Å². The van der Waals surface area contributed by atoms with Crippen molar-refractivity contribution in [2.75, 3.05) is 11.9 Å². The molecule has 1 aliphatic rings. The minimum atomic E-state index is -2.58. The Bertz CT molecular complexity index is 1430. The number of allylic oxidation sites excluding steroid dienone is 1. The first kappa shape index (κ1) is 23.2. The Labute approximate surface area is 210 Å². The number of fused-ring (bicyclic) bond motifs is 1. The number of benzene rings is 3. The first-order chi connectivity index (χ1) is 16.9. The molecule has 2 heterocycles. The van der Waals surface area contributed by atoms with Crippen LogP contribution in [-0.2, 0) is 17.2 Å². The molecule has 0 aliphatic carbocycles. The Morgan fingerprint density at radius 2 is 1.57 bits per heavy atom. The minimum Gasteiger partial charge on any atom is -0.458 e. The maximum atomic E-state index is 6.65. The smallest absolute Gasteiger partial charge is 0.166 e. The summed E-state index contributed by atoms with van der Waals surface area (Å²) in [5.74, 6) is 2.92. The fourth-order valence-corrected chi connectivity index (χ4v) is 7.41. The highest BCUT2D eigenvalue weighted by atomic mass is 32.4. The topological polar surface area (TPSA) is 55.5 Å².